The van der Waals surface area contributed by atoms with Crippen LogP contribution in [-0.2, 0) is 12.8 Å². The van der Waals surface area contributed by atoms with Crippen LogP contribution in [-0.4, -0.2) is 17.6 Å². The van der Waals surface area contributed by atoms with E-state index in [0.717, 1.165) is 49.5 Å². The molecule has 1 N–H and O–H groups in total. The molecule has 4 heteroatoms. The summed E-state index contributed by atoms with van der Waals surface area (Å²) in [5, 5.41) is 7.04. The summed E-state index contributed by atoms with van der Waals surface area (Å²) in [5.74, 6) is 2.37. The average Bonchev–Trinajstić information content (AvgIpc) is 2.90. The van der Waals surface area contributed by atoms with Crippen molar-refractivity contribution in [3.63, 3.8) is 0 Å². The van der Waals surface area contributed by atoms with Crippen molar-refractivity contribution in [3.05, 3.63) is 17.0 Å². The molecule has 1 heterocycles. The molecule has 0 aromatic carbocycles. The molecular formula is C16H24N2O2. The van der Waals surface area contributed by atoms with Gasteiger partial charge < -0.3 is 9.84 Å². The van der Waals surface area contributed by atoms with Gasteiger partial charge in [0.25, 0.3) is 5.91 Å². The molecule has 2 aliphatic rings. The molecule has 0 spiro atoms. The fourth-order valence-electron chi connectivity index (χ4n) is 3.42. The molecule has 2 aliphatic carbocycles. The summed E-state index contributed by atoms with van der Waals surface area (Å²) in [6, 6.07) is 0. The second-order valence-electron chi connectivity index (χ2n) is 6.48. The summed E-state index contributed by atoms with van der Waals surface area (Å²) in [6.07, 6.45) is 9.19. The van der Waals surface area contributed by atoms with Gasteiger partial charge in [0, 0.05) is 18.5 Å². The van der Waals surface area contributed by atoms with Gasteiger partial charge in [-0.1, -0.05) is 24.9 Å². The lowest BCUT2D eigenvalue weighted by molar-refractivity contribution is 0.0932. The Balaban J connectivity index is 1.55. The zero-order chi connectivity index (χ0) is 13.9. The fraction of sp³-hybridized carbons (Fsp3) is 0.750. The molecule has 0 unspecified atom stereocenters. The number of rotatable bonds is 3. The first-order valence-electron chi connectivity index (χ1n) is 7.99. The third kappa shape index (κ3) is 2.89. The molecule has 1 aromatic rings. The van der Waals surface area contributed by atoms with Gasteiger partial charge in [0.15, 0.2) is 5.69 Å². The largest absolute Gasteiger partial charge is 0.360 e. The van der Waals surface area contributed by atoms with Gasteiger partial charge in [-0.15, -0.1) is 0 Å². The predicted octanol–water partition coefficient (Wildman–Crippen LogP) is 3.11. The van der Waals surface area contributed by atoms with Gasteiger partial charge >= 0.3 is 0 Å². The van der Waals surface area contributed by atoms with Crippen molar-refractivity contribution in [2.24, 2.45) is 11.8 Å². The van der Waals surface area contributed by atoms with Crippen LogP contribution in [0.15, 0.2) is 4.52 Å². The Bertz CT molecular complexity index is 473. The van der Waals surface area contributed by atoms with E-state index in [9.17, 15) is 4.79 Å². The molecule has 110 valence electrons. The van der Waals surface area contributed by atoms with Gasteiger partial charge in [0.1, 0.15) is 5.76 Å². The third-order valence-electron chi connectivity index (χ3n) is 4.85. The van der Waals surface area contributed by atoms with E-state index >= 15 is 0 Å². The lowest BCUT2D eigenvalue weighted by Crippen LogP contribution is -2.32. The van der Waals surface area contributed by atoms with Crippen molar-refractivity contribution in [1.29, 1.82) is 0 Å². The minimum absolute atomic E-state index is 0.0458. The number of carbonyl (C=O) groups is 1. The number of hydrogen-bond acceptors (Lipinski definition) is 3. The Morgan fingerprint density at radius 2 is 2.00 bits per heavy atom. The molecule has 0 aliphatic heterocycles. The Morgan fingerprint density at radius 1 is 1.25 bits per heavy atom. The lowest BCUT2D eigenvalue weighted by atomic mass is 9.83. The normalized spacial score (nSPS) is 26.1. The average molecular weight is 276 g/mol. The van der Waals surface area contributed by atoms with Crippen LogP contribution < -0.4 is 5.32 Å². The second-order valence-corrected chi connectivity index (χ2v) is 6.48. The van der Waals surface area contributed by atoms with Gasteiger partial charge in [-0.3, -0.25) is 4.79 Å². The molecular weight excluding hydrogens is 252 g/mol. The van der Waals surface area contributed by atoms with E-state index in [0.29, 0.717) is 11.6 Å². The Kier molecular flexibility index (Phi) is 4.08. The molecule has 0 saturated heterocycles. The van der Waals surface area contributed by atoms with E-state index in [1.807, 2.05) is 0 Å². The van der Waals surface area contributed by atoms with Crippen molar-refractivity contribution in [1.82, 2.24) is 10.5 Å². The molecule has 1 aromatic heterocycles. The summed E-state index contributed by atoms with van der Waals surface area (Å²) in [6.45, 7) is 3.10. The highest BCUT2D eigenvalue weighted by Crippen LogP contribution is 2.28. The SMILES string of the molecule is CC1CCC(CNC(=O)c2noc3c2CCCC3)CC1. The summed E-state index contributed by atoms with van der Waals surface area (Å²) in [4.78, 5) is 12.3. The van der Waals surface area contributed by atoms with Gasteiger partial charge in [-0.05, 0) is 43.9 Å². The number of amides is 1. The molecule has 0 radical (unpaired) electrons. The monoisotopic (exact) mass is 276 g/mol. The highest BCUT2D eigenvalue weighted by atomic mass is 16.5. The van der Waals surface area contributed by atoms with E-state index in [1.165, 1.54) is 25.7 Å². The van der Waals surface area contributed by atoms with Crippen molar-refractivity contribution in [2.75, 3.05) is 6.54 Å². The van der Waals surface area contributed by atoms with Crippen LogP contribution in [0.5, 0.6) is 0 Å². The standard InChI is InChI=1S/C16H24N2O2/c1-11-6-8-12(9-7-11)10-17-16(19)15-13-4-2-3-5-14(13)20-18-15/h11-12H,2-10H2,1H3,(H,17,19). The van der Waals surface area contributed by atoms with Crippen LogP contribution in [0.1, 0.15) is 67.3 Å². The number of aromatic nitrogens is 1. The zero-order valence-corrected chi connectivity index (χ0v) is 12.3. The first-order chi connectivity index (χ1) is 9.74. The fourth-order valence-corrected chi connectivity index (χ4v) is 3.42. The van der Waals surface area contributed by atoms with Gasteiger partial charge in [0.2, 0.25) is 0 Å². The molecule has 4 nitrogen and oxygen atoms in total. The Morgan fingerprint density at radius 3 is 2.80 bits per heavy atom. The topological polar surface area (TPSA) is 55.1 Å². The van der Waals surface area contributed by atoms with Crippen LogP contribution in [0.4, 0.5) is 0 Å². The lowest BCUT2D eigenvalue weighted by Gasteiger charge is -2.26. The Labute approximate surface area is 120 Å². The number of hydrogen-bond donors (Lipinski definition) is 1. The quantitative estimate of drug-likeness (QED) is 0.923. The van der Waals surface area contributed by atoms with Crippen LogP contribution in [0.25, 0.3) is 0 Å². The summed E-state index contributed by atoms with van der Waals surface area (Å²) < 4.78 is 5.30. The molecule has 20 heavy (non-hydrogen) atoms. The predicted molar refractivity (Wildman–Crippen MR) is 76.6 cm³/mol. The number of carbonyl (C=O) groups excluding carboxylic acids is 1. The zero-order valence-electron chi connectivity index (χ0n) is 12.3. The molecule has 3 rings (SSSR count). The van der Waals surface area contributed by atoms with Crippen molar-refractivity contribution >= 4 is 5.91 Å². The van der Waals surface area contributed by atoms with Crippen LogP contribution in [0.2, 0.25) is 0 Å². The highest BCUT2D eigenvalue weighted by molar-refractivity contribution is 5.93. The smallest absolute Gasteiger partial charge is 0.273 e. The van der Waals surface area contributed by atoms with Crippen molar-refractivity contribution in [3.8, 4) is 0 Å². The first-order valence-corrected chi connectivity index (χ1v) is 7.99. The van der Waals surface area contributed by atoms with Gasteiger partial charge in [0.05, 0.1) is 0 Å². The van der Waals surface area contributed by atoms with E-state index in [4.69, 9.17) is 4.52 Å². The number of nitrogens with one attached hydrogen (secondary N) is 1. The van der Waals surface area contributed by atoms with Crippen LogP contribution >= 0.6 is 0 Å². The van der Waals surface area contributed by atoms with E-state index in [1.54, 1.807) is 0 Å². The third-order valence-corrected chi connectivity index (χ3v) is 4.85. The number of fused-ring (bicyclic) bond motifs is 1. The molecule has 0 atom stereocenters. The van der Waals surface area contributed by atoms with Gasteiger partial charge in [-0.25, -0.2) is 0 Å². The van der Waals surface area contributed by atoms with Gasteiger partial charge in [-0.2, -0.15) is 0 Å². The van der Waals surface area contributed by atoms with Crippen molar-refractivity contribution in [2.45, 2.75) is 58.3 Å². The summed E-state index contributed by atoms with van der Waals surface area (Å²) >= 11 is 0. The maximum Gasteiger partial charge on any atom is 0.273 e. The molecule has 1 saturated carbocycles. The minimum atomic E-state index is -0.0458. The highest BCUT2D eigenvalue weighted by Gasteiger charge is 2.25. The van der Waals surface area contributed by atoms with E-state index in [2.05, 4.69) is 17.4 Å². The summed E-state index contributed by atoms with van der Waals surface area (Å²) in [7, 11) is 0. The van der Waals surface area contributed by atoms with Crippen LogP contribution in [0, 0.1) is 11.8 Å². The summed E-state index contributed by atoms with van der Waals surface area (Å²) in [5.41, 5.74) is 1.58. The van der Waals surface area contributed by atoms with Crippen molar-refractivity contribution < 1.29 is 9.32 Å². The Hall–Kier alpha value is -1.32. The minimum Gasteiger partial charge on any atom is -0.360 e. The second kappa shape index (κ2) is 5.98. The first kappa shape index (κ1) is 13.7. The molecule has 1 fully saturated rings. The maximum atomic E-state index is 12.3. The number of aryl methyl sites for hydroxylation is 1. The maximum absolute atomic E-state index is 12.3. The van der Waals surface area contributed by atoms with E-state index in [-0.39, 0.29) is 5.91 Å². The van der Waals surface area contributed by atoms with Crippen LogP contribution in [0.3, 0.4) is 0 Å². The molecule has 1 amide bonds. The number of nitrogens with zero attached hydrogens (tertiary/aromatic N) is 1. The molecule has 0 bridgehead atoms. The van der Waals surface area contributed by atoms with E-state index < -0.39 is 0 Å².